The third kappa shape index (κ3) is 3.42. The Labute approximate surface area is 118 Å². The maximum absolute atomic E-state index is 11.2. The Morgan fingerprint density at radius 3 is 2.58 bits per heavy atom. The lowest BCUT2D eigenvalue weighted by Gasteiger charge is -2.03. The predicted molar refractivity (Wildman–Crippen MR) is 78.8 cm³/mol. The highest BCUT2D eigenvalue weighted by Crippen LogP contribution is 2.19. The normalized spacial score (nSPS) is 10.6. The number of nitrogens with one attached hydrogen (secondary N) is 1. The zero-order valence-electron chi connectivity index (χ0n) is 9.88. The van der Waals surface area contributed by atoms with E-state index in [1.54, 1.807) is 18.2 Å². The van der Waals surface area contributed by atoms with E-state index < -0.39 is 5.97 Å². The van der Waals surface area contributed by atoms with Crippen LogP contribution >= 0.6 is 15.9 Å². The summed E-state index contributed by atoms with van der Waals surface area (Å²) >= 11 is 3.22. The largest absolute Gasteiger partial charge is 0.478 e. The molecular weight excluding hydrogens is 308 g/mol. The third-order valence-electron chi connectivity index (χ3n) is 2.43. The Balaban J connectivity index is 2.20. The molecule has 2 aromatic carbocycles. The van der Waals surface area contributed by atoms with Gasteiger partial charge in [0.2, 0.25) is 0 Å². The number of hydrazone groups is 1. The van der Waals surface area contributed by atoms with E-state index in [0.29, 0.717) is 10.0 Å². The Morgan fingerprint density at radius 2 is 1.89 bits per heavy atom. The van der Waals surface area contributed by atoms with E-state index in [4.69, 9.17) is 5.11 Å². The first-order valence-corrected chi connectivity index (χ1v) is 6.33. The van der Waals surface area contributed by atoms with Gasteiger partial charge in [0, 0.05) is 10.0 Å². The molecule has 4 nitrogen and oxygen atoms in total. The van der Waals surface area contributed by atoms with Crippen LogP contribution in [0, 0.1) is 0 Å². The summed E-state index contributed by atoms with van der Waals surface area (Å²) in [7, 11) is 0. The number of halogens is 1. The van der Waals surface area contributed by atoms with Gasteiger partial charge in [0.05, 0.1) is 17.5 Å². The first-order valence-electron chi connectivity index (χ1n) is 5.54. The molecule has 0 atom stereocenters. The fraction of sp³-hybridized carbons (Fsp3) is 0. The molecule has 0 saturated heterocycles. The van der Waals surface area contributed by atoms with Crippen LogP contribution in [0.15, 0.2) is 58.1 Å². The SMILES string of the molecule is O=C(O)c1c(Br)cccc1C=NNc1ccccc1. The van der Waals surface area contributed by atoms with Gasteiger partial charge in [-0.3, -0.25) is 5.43 Å². The molecule has 0 radical (unpaired) electrons. The number of carboxylic acids is 1. The zero-order chi connectivity index (χ0) is 13.7. The van der Waals surface area contributed by atoms with E-state index in [1.807, 2.05) is 30.3 Å². The number of anilines is 1. The van der Waals surface area contributed by atoms with E-state index >= 15 is 0 Å². The van der Waals surface area contributed by atoms with Crippen molar-refractivity contribution in [2.75, 3.05) is 5.43 Å². The molecule has 0 aromatic heterocycles. The molecular formula is C14H11BrN2O2. The molecule has 2 rings (SSSR count). The quantitative estimate of drug-likeness (QED) is 0.669. The number of carboxylic acid groups (broad SMARTS) is 1. The molecule has 0 unspecified atom stereocenters. The minimum Gasteiger partial charge on any atom is -0.478 e. The van der Waals surface area contributed by atoms with Crippen LogP contribution in [0.5, 0.6) is 0 Å². The second kappa shape index (κ2) is 6.15. The minimum absolute atomic E-state index is 0.195. The molecule has 5 heteroatoms. The van der Waals surface area contributed by atoms with Crippen molar-refractivity contribution in [3.63, 3.8) is 0 Å². The fourth-order valence-corrected chi connectivity index (χ4v) is 2.11. The van der Waals surface area contributed by atoms with Gasteiger partial charge >= 0.3 is 5.97 Å². The van der Waals surface area contributed by atoms with E-state index in [2.05, 4.69) is 26.5 Å². The number of benzene rings is 2. The number of hydrogen-bond donors (Lipinski definition) is 2. The average Bonchev–Trinajstić information content (AvgIpc) is 2.39. The molecule has 19 heavy (non-hydrogen) atoms. The molecule has 96 valence electrons. The van der Waals surface area contributed by atoms with E-state index in [1.165, 1.54) is 6.21 Å². The number of carbonyl (C=O) groups is 1. The van der Waals surface area contributed by atoms with Gasteiger partial charge in [-0.05, 0) is 34.1 Å². The Morgan fingerprint density at radius 1 is 1.16 bits per heavy atom. The second-order valence-corrected chi connectivity index (χ2v) is 4.60. The smallest absolute Gasteiger partial charge is 0.337 e. The van der Waals surface area contributed by atoms with Crippen molar-refractivity contribution >= 4 is 33.8 Å². The van der Waals surface area contributed by atoms with Crippen molar-refractivity contribution in [1.29, 1.82) is 0 Å². The maximum atomic E-state index is 11.2. The number of nitrogens with zero attached hydrogens (tertiary/aromatic N) is 1. The van der Waals surface area contributed by atoms with Crippen molar-refractivity contribution in [3.8, 4) is 0 Å². The minimum atomic E-state index is -0.992. The van der Waals surface area contributed by atoms with Crippen molar-refractivity contribution in [2.24, 2.45) is 5.10 Å². The van der Waals surface area contributed by atoms with Gasteiger partial charge < -0.3 is 5.11 Å². The lowest BCUT2D eigenvalue weighted by molar-refractivity contribution is 0.0696. The van der Waals surface area contributed by atoms with E-state index in [9.17, 15) is 4.79 Å². The highest BCUT2D eigenvalue weighted by atomic mass is 79.9. The highest BCUT2D eigenvalue weighted by Gasteiger charge is 2.12. The van der Waals surface area contributed by atoms with Crippen LogP contribution in [0.3, 0.4) is 0 Å². The number of aromatic carboxylic acids is 1. The van der Waals surface area contributed by atoms with Gasteiger partial charge in [-0.1, -0.05) is 30.3 Å². The van der Waals surface area contributed by atoms with Crippen molar-refractivity contribution in [1.82, 2.24) is 0 Å². The molecule has 0 aliphatic carbocycles. The van der Waals surface area contributed by atoms with Crippen LogP contribution in [0.2, 0.25) is 0 Å². The molecule has 0 amide bonds. The fourth-order valence-electron chi connectivity index (χ4n) is 1.56. The molecule has 0 bridgehead atoms. The van der Waals surface area contributed by atoms with Gasteiger partial charge in [0.1, 0.15) is 0 Å². The second-order valence-electron chi connectivity index (χ2n) is 3.75. The molecule has 2 aromatic rings. The maximum Gasteiger partial charge on any atom is 0.337 e. The standard InChI is InChI=1S/C14H11BrN2O2/c15-12-8-4-5-10(13(12)14(18)19)9-16-17-11-6-2-1-3-7-11/h1-9,17H,(H,18,19). The Bertz CT molecular complexity index is 612. The van der Waals surface area contributed by atoms with Crippen LogP contribution in [0.4, 0.5) is 5.69 Å². The summed E-state index contributed by atoms with van der Waals surface area (Å²) in [4.78, 5) is 11.2. The first kappa shape index (κ1) is 13.3. The van der Waals surface area contributed by atoms with Crippen LogP contribution in [0.25, 0.3) is 0 Å². The van der Waals surface area contributed by atoms with Gasteiger partial charge in [-0.15, -0.1) is 0 Å². The number of rotatable bonds is 4. The summed E-state index contributed by atoms with van der Waals surface area (Å²) in [6.45, 7) is 0. The van der Waals surface area contributed by atoms with Gasteiger partial charge in [0.15, 0.2) is 0 Å². The summed E-state index contributed by atoms with van der Waals surface area (Å²) in [6, 6.07) is 14.6. The molecule has 0 aliphatic heterocycles. The topological polar surface area (TPSA) is 61.7 Å². The summed E-state index contributed by atoms with van der Waals surface area (Å²) in [6.07, 6.45) is 1.49. The predicted octanol–water partition coefficient (Wildman–Crippen LogP) is 3.59. The van der Waals surface area contributed by atoms with Gasteiger partial charge in [-0.2, -0.15) is 5.10 Å². The average molecular weight is 319 g/mol. The number of hydrogen-bond acceptors (Lipinski definition) is 3. The van der Waals surface area contributed by atoms with Crippen LogP contribution in [0.1, 0.15) is 15.9 Å². The lowest BCUT2D eigenvalue weighted by atomic mass is 10.1. The molecule has 0 fully saturated rings. The molecule has 2 N–H and O–H groups in total. The molecule has 0 heterocycles. The van der Waals surface area contributed by atoms with Crippen molar-refractivity contribution in [3.05, 3.63) is 64.1 Å². The van der Waals surface area contributed by atoms with Gasteiger partial charge in [0.25, 0.3) is 0 Å². The molecule has 0 spiro atoms. The molecule has 0 aliphatic rings. The van der Waals surface area contributed by atoms with Crippen molar-refractivity contribution < 1.29 is 9.90 Å². The zero-order valence-corrected chi connectivity index (χ0v) is 11.5. The summed E-state index contributed by atoms with van der Waals surface area (Å²) in [5.74, 6) is -0.992. The Kier molecular flexibility index (Phi) is 4.30. The van der Waals surface area contributed by atoms with Gasteiger partial charge in [-0.25, -0.2) is 4.79 Å². The lowest BCUT2D eigenvalue weighted by Crippen LogP contribution is -2.03. The van der Waals surface area contributed by atoms with E-state index in [0.717, 1.165) is 5.69 Å². The first-order chi connectivity index (χ1) is 9.18. The highest BCUT2D eigenvalue weighted by molar-refractivity contribution is 9.10. The monoisotopic (exact) mass is 318 g/mol. The summed E-state index contributed by atoms with van der Waals surface area (Å²) in [5.41, 5.74) is 4.41. The third-order valence-corrected chi connectivity index (χ3v) is 3.09. The van der Waals surface area contributed by atoms with Crippen LogP contribution in [-0.4, -0.2) is 17.3 Å². The summed E-state index contributed by atoms with van der Waals surface area (Å²) in [5, 5.41) is 13.2. The van der Waals surface area contributed by atoms with Crippen molar-refractivity contribution in [2.45, 2.75) is 0 Å². The molecule has 0 saturated carbocycles. The Hall–Kier alpha value is -2.14. The summed E-state index contributed by atoms with van der Waals surface area (Å²) < 4.78 is 0.531. The number of para-hydroxylation sites is 1. The van der Waals surface area contributed by atoms with Crippen LogP contribution < -0.4 is 5.43 Å². The van der Waals surface area contributed by atoms with Crippen LogP contribution in [-0.2, 0) is 0 Å². The van der Waals surface area contributed by atoms with E-state index in [-0.39, 0.29) is 5.56 Å².